The van der Waals surface area contributed by atoms with E-state index in [0.29, 0.717) is 5.92 Å². The highest BCUT2D eigenvalue weighted by Crippen LogP contribution is 2.38. The van der Waals surface area contributed by atoms with E-state index in [4.69, 9.17) is 5.73 Å². The average Bonchev–Trinajstić information content (AvgIpc) is 2.38. The van der Waals surface area contributed by atoms with E-state index in [0.717, 1.165) is 12.6 Å². The van der Waals surface area contributed by atoms with Crippen molar-refractivity contribution in [3.05, 3.63) is 29.3 Å². The van der Waals surface area contributed by atoms with Crippen LogP contribution in [-0.2, 0) is 6.42 Å². The maximum atomic E-state index is 5.86. The molecule has 0 aliphatic carbocycles. The van der Waals surface area contributed by atoms with Gasteiger partial charge in [-0.25, -0.2) is 0 Å². The van der Waals surface area contributed by atoms with Crippen molar-refractivity contribution in [2.24, 2.45) is 11.7 Å². The van der Waals surface area contributed by atoms with Crippen LogP contribution in [0.5, 0.6) is 0 Å². The number of benzene rings is 1. The second kappa shape index (κ2) is 4.34. The quantitative estimate of drug-likeness (QED) is 0.803. The van der Waals surface area contributed by atoms with Crippen LogP contribution in [0.25, 0.3) is 0 Å². The van der Waals surface area contributed by atoms with Crippen molar-refractivity contribution in [3.63, 3.8) is 0 Å². The number of hydrogen-bond donors (Lipinski definition) is 1. The minimum absolute atomic E-state index is 0.691. The third-order valence-corrected chi connectivity index (χ3v) is 4.49. The summed E-state index contributed by atoms with van der Waals surface area (Å²) in [7, 11) is 0. The van der Waals surface area contributed by atoms with E-state index >= 15 is 0 Å². The Morgan fingerprint density at radius 1 is 1.29 bits per heavy atom. The van der Waals surface area contributed by atoms with Crippen molar-refractivity contribution >= 4 is 5.69 Å². The zero-order valence-electron chi connectivity index (χ0n) is 10.7. The number of rotatable bonds is 1. The number of piperidine rings is 1. The van der Waals surface area contributed by atoms with Crippen LogP contribution < -0.4 is 10.6 Å². The van der Waals surface area contributed by atoms with Gasteiger partial charge in [0.15, 0.2) is 0 Å². The highest BCUT2D eigenvalue weighted by molar-refractivity contribution is 5.62. The standard InChI is InChI=1S/C15H22N2/c1-11-3-2-4-13-6-8-14-7-5-12(9-16)10-17(14)15(11)13/h2-4,12,14H,5-10,16H2,1H3. The summed E-state index contributed by atoms with van der Waals surface area (Å²) in [5.74, 6) is 0.691. The number of aryl methyl sites for hydroxylation is 2. The van der Waals surface area contributed by atoms with Gasteiger partial charge in [-0.1, -0.05) is 18.2 Å². The van der Waals surface area contributed by atoms with Crippen molar-refractivity contribution in [1.82, 2.24) is 0 Å². The van der Waals surface area contributed by atoms with E-state index in [9.17, 15) is 0 Å². The summed E-state index contributed by atoms with van der Waals surface area (Å²) in [4.78, 5) is 2.65. The Morgan fingerprint density at radius 3 is 3.00 bits per heavy atom. The fourth-order valence-electron chi connectivity index (χ4n) is 3.52. The second-order valence-electron chi connectivity index (χ2n) is 5.61. The van der Waals surface area contributed by atoms with Crippen LogP contribution >= 0.6 is 0 Å². The van der Waals surface area contributed by atoms with Gasteiger partial charge in [0.25, 0.3) is 0 Å². The summed E-state index contributed by atoms with van der Waals surface area (Å²) in [5.41, 5.74) is 10.3. The van der Waals surface area contributed by atoms with Crippen LogP contribution in [0.15, 0.2) is 18.2 Å². The largest absolute Gasteiger partial charge is 0.368 e. The lowest BCUT2D eigenvalue weighted by Gasteiger charge is -2.45. The molecule has 1 aromatic carbocycles. The zero-order chi connectivity index (χ0) is 11.8. The first kappa shape index (κ1) is 11.1. The highest BCUT2D eigenvalue weighted by atomic mass is 15.2. The molecule has 0 saturated carbocycles. The number of para-hydroxylation sites is 1. The predicted octanol–water partition coefficient (Wildman–Crippen LogP) is 2.48. The van der Waals surface area contributed by atoms with Crippen LogP contribution in [0.1, 0.15) is 30.4 Å². The van der Waals surface area contributed by atoms with Gasteiger partial charge in [-0.15, -0.1) is 0 Å². The molecule has 2 heteroatoms. The van der Waals surface area contributed by atoms with Gasteiger partial charge in [-0.2, -0.15) is 0 Å². The molecule has 1 aromatic rings. The first-order valence-corrected chi connectivity index (χ1v) is 6.85. The van der Waals surface area contributed by atoms with Crippen LogP contribution in [0, 0.1) is 12.8 Å². The van der Waals surface area contributed by atoms with Crippen molar-refractivity contribution in [2.45, 2.75) is 38.6 Å². The Bertz CT molecular complexity index is 413. The molecular formula is C15H22N2. The van der Waals surface area contributed by atoms with Gasteiger partial charge in [-0.3, -0.25) is 0 Å². The molecule has 2 nitrogen and oxygen atoms in total. The minimum Gasteiger partial charge on any atom is -0.368 e. The first-order chi connectivity index (χ1) is 8.29. The molecule has 2 heterocycles. The maximum absolute atomic E-state index is 5.86. The smallest absolute Gasteiger partial charge is 0.0431 e. The molecule has 1 saturated heterocycles. The van der Waals surface area contributed by atoms with Gasteiger partial charge in [0.05, 0.1) is 0 Å². The van der Waals surface area contributed by atoms with Crippen LogP contribution in [0.2, 0.25) is 0 Å². The summed E-state index contributed by atoms with van der Waals surface area (Å²) < 4.78 is 0. The molecule has 0 aromatic heterocycles. The van der Waals surface area contributed by atoms with Gasteiger partial charge in [0.2, 0.25) is 0 Å². The van der Waals surface area contributed by atoms with Crippen LogP contribution in [0.3, 0.4) is 0 Å². The molecule has 92 valence electrons. The fourth-order valence-corrected chi connectivity index (χ4v) is 3.52. The Labute approximate surface area is 104 Å². The fraction of sp³-hybridized carbons (Fsp3) is 0.600. The number of hydrogen-bond acceptors (Lipinski definition) is 2. The summed E-state index contributed by atoms with van der Waals surface area (Å²) in [6, 6.07) is 7.50. The lowest BCUT2D eigenvalue weighted by Crippen LogP contribution is -2.48. The minimum atomic E-state index is 0.691. The molecule has 2 N–H and O–H groups in total. The Morgan fingerprint density at radius 2 is 2.18 bits per heavy atom. The zero-order valence-corrected chi connectivity index (χ0v) is 10.7. The summed E-state index contributed by atoms with van der Waals surface area (Å²) in [6.45, 7) is 4.25. The lowest BCUT2D eigenvalue weighted by atomic mass is 9.84. The number of nitrogens with zero attached hydrogens (tertiary/aromatic N) is 1. The Hall–Kier alpha value is -1.02. The van der Waals surface area contributed by atoms with E-state index in [1.165, 1.54) is 43.5 Å². The molecule has 17 heavy (non-hydrogen) atoms. The Kier molecular flexibility index (Phi) is 2.83. The molecule has 2 aliphatic rings. The van der Waals surface area contributed by atoms with Crippen molar-refractivity contribution in [3.8, 4) is 0 Å². The number of nitrogens with two attached hydrogens (primary N) is 1. The van der Waals surface area contributed by atoms with E-state index in [2.05, 4.69) is 30.0 Å². The first-order valence-electron chi connectivity index (χ1n) is 6.85. The average molecular weight is 230 g/mol. The number of fused-ring (bicyclic) bond motifs is 3. The molecule has 0 bridgehead atoms. The molecular weight excluding hydrogens is 208 g/mol. The molecule has 3 rings (SSSR count). The van der Waals surface area contributed by atoms with E-state index in [1.54, 1.807) is 5.56 Å². The lowest BCUT2D eigenvalue weighted by molar-refractivity contribution is 0.341. The van der Waals surface area contributed by atoms with Crippen molar-refractivity contribution in [2.75, 3.05) is 18.0 Å². The maximum Gasteiger partial charge on any atom is 0.0431 e. The topological polar surface area (TPSA) is 29.3 Å². The van der Waals surface area contributed by atoms with Crippen LogP contribution in [-0.4, -0.2) is 19.1 Å². The molecule has 2 aliphatic heterocycles. The molecule has 2 atom stereocenters. The molecule has 1 fully saturated rings. The van der Waals surface area contributed by atoms with Gasteiger partial charge >= 0.3 is 0 Å². The van der Waals surface area contributed by atoms with Gasteiger partial charge in [0, 0.05) is 18.3 Å². The second-order valence-corrected chi connectivity index (χ2v) is 5.61. The van der Waals surface area contributed by atoms with Gasteiger partial charge in [-0.05, 0) is 56.2 Å². The normalized spacial score (nSPS) is 27.5. The van der Waals surface area contributed by atoms with Crippen LogP contribution in [0.4, 0.5) is 5.69 Å². The van der Waals surface area contributed by atoms with E-state index < -0.39 is 0 Å². The van der Waals surface area contributed by atoms with Gasteiger partial charge < -0.3 is 10.6 Å². The highest BCUT2D eigenvalue weighted by Gasteiger charge is 2.32. The monoisotopic (exact) mass is 230 g/mol. The Balaban J connectivity index is 1.97. The molecule has 0 radical (unpaired) electrons. The summed E-state index contributed by atoms with van der Waals surface area (Å²) in [5, 5.41) is 0. The predicted molar refractivity (Wildman–Crippen MR) is 72.4 cm³/mol. The summed E-state index contributed by atoms with van der Waals surface area (Å²) in [6.07, 6.45) is 5.23. The third kappa shape index (κ3) is 1.85. The van der Waals surface area contributed by atoms with E-state index in [-0.39, 0.29) is 0 Å². The molecule has 2 unspecified atom stereocenters. The summed E-state index contributed by atoms with van der Waals surface area (Å²) >= 11 is 0. The SMILES string of the molecule is Cc1cccc2c1N1CC(CN)CCC1CC2. The third-order valence-electron chi connectivity index (χ3n) is 4.49. The van der Waals surface area contributed by atoms with Crippen molar-refractivity contribution in [1.29, 1.82) is 0 Å². The van der Waals surface area contributed by atoms with E-state index in [1.807, 2.05) is 0 Å². The molecule has 0 amide bonds. The number of anilines is 1. The van der Waals surface area contributed by atoms with Gasteiger partial charge in [0.1, 0.15) is 0 Å². The molecule has 0 spiro atoms. The van der Waals surface area contributed by atoms with Crippen molar-refractivity contribution < 1.29 is 0 Å².